The van der Waals surface area contributed by atoms with E-state index >= 15 is 0 Å². The van der Waals surface area contributed by atoms with E-state index in [1.807, 2.05) is 6.07 Å². The summed E-state index contributed by atoms with van der Waals surface area (Å²) in [7, 11) is 0. The van der Waals surface area contributed by atoms with Crippen molar-refractivity contribution in [1.29, 1.82) is 5.26 Å². The number of para-hydroxylation sites is 1. The van der Waals surface area contributed by atoms with Gasteiger partial charge in [0.25, 0.3) is 0 Å². The van der Waals surface area contributed by atoms with Gasteiger partial charge >= 0.3 is 5.97 Å². The maximum atomic E-state index is 13.0. The molecular formula is C22H14FNO4. The van der Waals surface area contributed by atoms with Crippen molar-refractivity contribution in [3.8, 4) is 17.6 Å². The Labute approximate surface area is 160 Å². The summed E-state index contributed by atoms with van der Waals surface area (Å²) in [5.41, 5.74) is 1.06. The minimum absolute atomic E-state index is 0.248. The normalized spacial score (nSPS) is 10.0. The van der Waals surface area contributed by atoms with Gasteiger partial charge in [-0.25, -0.2) is 9.18 Å². The number of rotatable bonds is 6. The highest BCUT2D eigenvalue weighted by Gasteiger charge is 2.11. The van der Waals surface area contributed by atoms with E-state index in [-0.39, 0.29) is 18.1 Å². The molecule has 0 unspecified atom stereocenters. The number of carbonyl (C=O) groups excluding carboxylic acids is 2. The molecule has 0 aliphatic rings. The topological polar surface area (TPSA) is 76.4 Å². The fourth-order valence-electron chi connectivity index (χ4n) is 2.42. The second kappa shape index (κ2) is 8.60. The van der Waals surface area contributed by atoms with E-state index in [1.165, 1.54) is 48.5 Å². The Morgan fingerprint density at radius 2 is 1.50 bits per heavy atom. The van der Waals surface area contributed by atoms with Gasteiger partial charge in [-0.15, -0.1) is 0 Å². The van der Waals surface area contributed by atoms with Gasteiger partial charge in [-0.1, -0.05) is 12.1 Å². The van der Waals surface area contributed by atoms with E-state index in [0.29, 0.717) is 22.4 Å². The molecule has 0 aliphatic carbocycles. The molecule has 0 fully saturated rings. The first-order valence-corrected chi connectivity index (χ1v) is 8.30. The second-order valence-corrected chi connectivity index (χ2v) is 5.73. The quantitative estimate of drug-likeness (QED) is 0.371. The minimum Gasteiger partial charge on any atom is -0.481 e. The van der Waals surface area contributed by atoms with Crippen molar-refractivity contribution >= 4 is 11.8 Å². The molecular weight excluding hydrogens is 361 g/mol. The van der Waals surface area contributed by atoms with E-state index in [1.54, 1.807) is 24.3 Å². The van der Waals surface area contributed by atoms with Gasteiger partial charge in [0.15, 0.2) is 12.4 Å². The summed E-state index contributed by atoms with van der Waals surface area (Å²) in [6, 6.07) is 19.8. The van der Waals surface area contributed by atoms with Gasteiger partial charge in [-0.05, 0) is 60.7 Å². The number of halogens is 1. The van der Waals surface area contributed by atoms with Crippen LogP contribution >= 0.6 is 0 Å². The molecule has 0 N–H and O–H groups in total. The van der Waals surface area contributed by atoms with Crippen molar-refractivity contribution in [2.45, 2.75) is 0 Å². The average molecular weight is 375 g/mol. The molecule has 3 rings (SSSR count). The van der Waals surface area contributed by atoms with Crippen molar-refractivity contribution in [2.75, 3.05) is 6.61 Å². The van der Waals surface area contributed by atoms with Gasteiger partial charge in [0, 0.05) is 11.1 Å². The van der Waals surface area contributed by atoms with Crippen molar-refractivity contribution in [2.24, 2.45) is 0 Å². The number of benzene rings is 3. The minimum atomic E-state index is -0.648. The molecule has 0 atom stereocenters. The average Bonchev–Trinajstić information content (AvgIpc) is 2.73. The van der Waals surface area contributed by atoms with E-state index in [2.05, 4.69) is 0 Å². The van der Waals surface area contributed by atoms with Gasteiger partial charge in [-0.3, -0.25) is 4.79 Å². The van der Waals surface area contributed by atoms with Gasteiger partial charge in [0.1, 0.15) is 23.4 Å². The molecule has 28 heavy (non-hydrogen) atoms. The van der Waals surface area contributed by atoms with Gasteiger partial charge in [0.05, 0.1) is 5.56 Å². The largest absolute Gasteiger partial charge is 0.481 e. The molecule has 0 amide bonds. The number of carbonyl (C=O) groups is 2. The maximum Gasteiger partial charge on any atom is 0.349 e. The Morgan fingerprint density at radius 3 is 2.14 bits per heavy atom. The van der Waals surface area contributed by atoms with Crippen molar-refractivity contribution in [3.05, 3.63) is 95.3 Å². The highest BCUT2D eigenvalue weighted by molar-refractivity contribution is 6.09. The van der Waals surface area contributed by atoms with Gasteiger partial charge in [-0.2, -0.15) is 5.26 Å². The second-order valence-electron chi connectivity index (χ2n) is 5.73. The van der Waals surface area contributed by atoms with Crippen LogP contribution in [-0.2, 0) is 4.79 Å². The number of ketones is 1. The highest BCUT2D eigenvalue weighted by atomic mass is 19.1. The fraction of sp³-hybridized carbons (Fsp3) is 0.0455. The summed E-state index contributed by atoms with van der Waals surface area (Å²) in [6.45, 7) is -0.366. The van der Waals surface area contributed by atoms with E-state index in [0.717, 1.165) is 0 Å². The lowest BCUT2D eigenvalue weighted by molar-refractivity contribution is -0.136. The van der Waals surface area contributed by atoms with Crippen LogP contribution in [0.4, 0.5) is 4.39 Å². The van der Waals surface area contributed by atoms with E-state index in [4.69, 9.17) is 14.7 Å². The summed E-state index contributed by atoms with van der Waals surface area (Å²) in [5.74, 6) is -0.793. The van der Waals surface area contributed by atoms with Crippen LogP contribution in [0.25, 0.3) is 0 Å². The zero-order valence-corrected chi connectivity index (χ0v) is 14.6. The Balaban J connectivity index is 1.59. The molecule has 0 spiro atoms. The smallest absolute Gasteiger partial charge is 0.349 e. The van der Waals surface area contributed by atoms with E-state index in [9.17, 15) is 14.0 Å². The molecule has 3 aromatic carbocycles. The zero-order valence-electron chi connectivity index (χ0n) is 14.6. The number of nitrogens with zero attached hydrogens (tertiary/aromatic N) is 1. The Morgan fingerprint density at radius 1 is 0.893 bits per heavy atom. The van der Waals surface area contributed by atoms with Crippen LogP contribution in [-0.4, -0.2) is 18.4 Å². The molecule has 0 saturated heterocycles. The number of hydrogen-bond acceptors (Lipinski definition) is 5. The van der Waals surface area contributed by atoms with Crippen molar-refractivity contribution in [1.82, 2.24) is 0 Å². The van der Waals surface area contributed by atoms with Crippen LogP contribution in [0.15, 0.2) is 72.8 Å². The molecule has 0 heterocycles. The first kappa shape index (κ1) is 18.8. The monoisotopic (exact) mass is 375 g/mol. The molecule has 0 radical (unpaired) electrons. The van der Waals surface area contributed by atoms with Crippen molar-refractivity contribution in [3.63, 3.8) is 0 Å². The van der Waals surface area contributed by atoms with Crippen LogP contribution in [0.2, 0.25) is 0 Å². The predicted octanol–water partition coefficient (Wildman–Crippen LogP) is 3.91. The lowest BCUT2D eigenvalue weighted by atomic mass is 10.0. The third-order valence-electron chi connectivity index (χ3n) is 3.81. The molecule has 0 aliphatic heterocycles. The molecule has 0 saturated carbocycles. The fourth-order valence-corrected chi connectivity index (χ4v) is 2.42. The standard InChI is InChI=1S/C22H14FNO4/c23-18-9-5-15(6-10-18)22(26)16-7-11-19(12-8-16)28-21(25)14-27-20-4-2-1-3-17(20)13-24/h1-12H,14H2. The number of nitriles is 1. The molecule has 0 aromatic heterocycles. The van der Waals surface area contributed by atoms with Crippen LogP contribution < -0.4 is 9.47 Å². The highest BCUT2D eigenvalue weighted by Crippen LogP contribution is 2.18. The first-order valence-electron chi connectivity index (χ1n) is 8.30. The number of hydrogen-bond donors (Lipinski definition) is 0. The third kappa shape index (κ3) is 4.59. The van der Waals surface area contributed by atoms with Crippen molar-refractivity contribution < 1.29 is 23.5 Å². The van der Waals surface area contributed by atoms with E-state index < -0.39 is 11.8 Å². The molecule has 138 valence electrons. The molecule has 3 aromatic rings. The summed E-state index contributed by atoms with van der Waals surface area (Å²) in [4.78, 5) is 24.3. The van der Waals surface area contributed by atoms with Crippen LogP contribution in [0.3, 0.4) is 0 Å². The summed E-state index contributed by atoms with van der Waals surface area (Å²) < 4.78 is 23.4. The van der Waals surface area contributed by atoms with Crippen LogP contribution in [0, 0.1) is 17.1 Å². The number of ether oxygens (including phenoxy) is 2. The lowest BCUT2D eigenvalue weighted by Gasteiger charge is -2.08. The number of esters is 1. The maximum absolute atomic E-state index is 13.0. The predicted molar refractivity (Wildman–Crippen MR) is 98.6 cm³/mol. The Bertz CT molecular complexity index is 1040. The lowest BCUT2D eigenvalue weighted by Crippen LogP contribution is -2.18. The first-order chi connectivity index (χ1) is 13.6. The Kier molecular flexibility index (Phi) is 5.78. The summed E-state index contributed by atoms with van der Waals surface area (Å²) in [5, 5.41) is 8.99. The molecule has 6 heteroatoms. The SMILES string of the molecule is N#Cc1ccccc1OCC(=O)Oc1ccc(C(=O)c2ccc(F)cc2)cc1. The summed E-state index contributed by atoms with van der Waals surface area (Å²) >= 11 is 0. The summed E-state index contributed by atoms with van der Waals surface area (Å²) in [6.07, 6.45) is 0. The third-order valence-corrected chi connectivity index (χ3v) is 3.81. The Hall–Kier alpha value is -3.98. The van der Waals surface area contributed by atoms with Gasteiger partial charge < -0.3 is 9.47 Å². The van der Waals surface area contributed by atoms with Crippen LogP contribution in [0.5, 0.6) is 11.5 Å². The molecule has 5 nitrogen and oxygen atoms in total. The zero-order chi connectivity index (χ0) is 19.9. The van der Waals surface area contributed by atoms with Gasteiger partial charge in [0.2, 0.25) is 0 Å². The van der Waals surface area contributed by atoms with Crippen LogP contribution in [0.1, 0.15) is 21.5 Å². The molecule has 0 bridgehead atoms.